The predicted octanol–water partition coefficient (Wildman–Crippen LogP) is 1.40. The molecule has 0 atom stereocenters. The van der Waals surface area contributed by atoms with E-state index in [0.717, 1.165) is 0 Å². The van der Waals surface area contributed by atoms with E-state index >= 15 is 0 Å². The van der Waals surface area contributed by atoms with E-state index in [4.69, 9.17) is 11.6 Å². The Bertz CT molecular complexity index is 489. The van der Waals surface area contributed by atoms with Gasteiger partial charge in [-0.2, -0.15) is 5.10 Å². The van der Waals surface area contributed by atoms with Crippen LogP contribution in [-0.4, -0.2) is 26.5 Å². The summed E-state index contributed by atoms with van der Waals surface area (Å²) in [5.74, 6) is 0.346. The molecule has 0 aliphatic carbocycles. The largest absolute Gasteiger partial charge is 0.298 e. The van der Waals surface area contributed by atoms with Gasteiger partial charge in [-0.1, -0.05) is 11.6 Å². The number of hydrogen-bond acceptors (Lipinski definition) is 5. The Morgan fingerprint density at radius 3 is 2.87 bits per heavy atom. The summed E-state index contributed by atoms with van der Waals surface area (Å²) in [6.45, 7) is 0. The van der Waals surface area contributed by atoms with Crippen LogP contribution in [0.5, 0.6) is 0 Å². The van der Waals surface area contributed by atoms with Gasteiger partial charge in [-0.25, -0.2) is 9.97 Å². The Morgan fingerprint density at radius 2 is 2.27 bits per heavy atom. The highest BCUT2D eigenvalue weighted by Crippen LogP contribution is 2.15. The normalized spacial score (nSPS) is 9.93. The Balaban J connectivity index is 2.47. The first-order valence-corrected chi connectivity index (χ1v) is 4.45. The molecule has 74 valence electrons. The van der Waals surface area contributed by atoms with Crippen molar-refractivity contribution in [1.82, 2.24) is 20.2 Å². The highest BCUT2D eigenvalue weighted by atomic mass is 35.5. The number of halogens is 1. The van der Waals surface area contributed by atoms with E-state index < -0.39 is 0 Å². The molecule has 0 aliphatic heterocycles. The predicted molar refractivity (Wildman–Crippen MR) is 53.5 cm³/mol. The molecular formula is C9H5ClN4O. The smallest absolute Gasteiger partial charge is 0.181 e. The van der Waals surface area contributed by atoms with E-state index in [0.29, 0.717) is 17.8 Å². The van der Waals surface area contributed by atoms with E-state index in [9.17, 15) is 4.79 Å². The first-order valence-electron chi connectivity index (χ1n) is 4.07. The molecule has 5 nitrogen and oxygen atoms in total. The summed E-state index contributed by atoms with van der Waals surface area (Å²) < 4.78 is 0. The van der Waals surface area contributed by atoms with Crippen molar-refractivity contribution in [2.45, 2.75) is 0 Å². The maximum absolute atomic E-state index is 10.5. The Morgan fingerprint density at radius 1 is 1.40 bits per heavy atom. The fraction of sp³-hybridized carbons (Fsp3) is 0. The monoisotopic (exact) mass is 220 g/mol. The Kier molecular flexibility index (Phi) is 2.64. The molecule has 2 aromatic heterocycles. The lowest BCUT2D eigenvalue weighted by atomic mass is 10.3. The third-order valence-corrected chi connectivity index (χ3v) is 2.00. The van der Waals surface area contributed by atoms with Crippen molar-refractivity contribution < 1.29 is 4.79 Å². The van der Waals surface area contributed by atoms with Crippen LogP contribution in [0.1, 0.15) is 10.4 Å². The standard InChI is InChI=1S/C9H5ClN4O/c10-8-6(5-15)4-11-9(13-8)7-2-1-3-12-14-7/h1-5H. The van der Waals surface area contributed by atoms with E-state index in [1.54, 1.807) is 18.3 Å². The molecule has 0 unspecified atom stereocenters. The number of aromatic nitrogens is 4. The molecular weight excluding hydrogens is 216 g/mol. The maximum atomic E-state index is 10.5. The van der Waals surface area contributed by atoms with E-state index in [1.807, 2.05) is 0 Å². The molecule has 0 bridgehead atoms. The molecule has 6 heteroatoms. The molecule has 2 aromatic rings. The van der Waals surface area contributed by atoms with Gasteiger partial charge in [0, 0.05) is 12.4 Å². The quantitative estimate of drug-likeness (QED) is 0.565. The minimum Gasteiger partial charge on any atom is -0.298 e. The highest BCUT2D eigenvalue weighted by molar-refractivity contribution is 6.31. The van der Waals surface area contributed by atoms with Crippen LogP contribution in [-0.2, 0) is 0 Å². The summed E-state index contributed by atoms with van der Waals surface area (Å²) in [6.07, 6.45) is 3.50. The zero-order chi connectivity index (χ0) is 10.7. The number of aldehydes is 1. The van der Waals surface area contributed by atoms with Gasteiger partial charge in [-0.15, -0.1) is 5.10 Å². The van der Waals surface area contributed by atoms with Gasteiger partial charge in [0.25, 0.3) is 0 Å². The summed E-state index contributed by atoms with van der Waals surface area (Å²) in [7, 11) is 0. The summed E-state index contributed by atoms with van der Waals surface area (Å²) >= 11 is 5.75. The summed E-state index contributed by atoms with van der Waals surface area (Å²) in [4.78, 5) is 18.4. The molecule has 0 fully saturated rings. The lowest BCUT2D eigenvalue weighted by Gasteiger charge is -1.99. The third-order valence-electron chi connectivity index (χ3n) is 1.70. The van der Waals surface area contributed by atoms with Gasteiger partial charge in [-0.05, 0) is 12.1 Å². The van der Waals surface area contributed by atoms with Gasteiger partial charge in [-0.3, -0.25) is 4.79 Å². The number of carbonyl (C=O) groups is 1. The van der Waals surface area contributed by atoms with Gasteiger partial charge in [0.2, 0.25) is 0 Å². The molecule has 2 rings (SSSR count). The van der Waals surface area contributed by atoms with Crippen molar-refractivity contribution >= 4 is 17.9 Å². The van der Waals surface area contributed by atoms with Crippen molar-refractivity contribution in [3.05, 3.63) is 35.2 Å². The number of nitrogens with zero attached hydrogens (tertiary/aromatic N) is 4. The number of carbonyl (C=O) groups excluding carboxylic acids is 1. The van der Waals surface area contributed by atoms with Crippen LogP contribution in [0.4, 0.5) is 0 Å². The summed E-state index contributed by atoms with van der Waals surface area (Å²) in [6, 6.07) is 3.42. The minimum absolute atomic E-state index is 0.112. The van der Waals surface area contributed by atoms with Gasteiger partial charge in [0.15, 0.2) is 12.1 Å². The van der Waals surface area contributed by atoms with E-state index in [-0.39, 0.29) is 10.7 Å². The number of rotatable bonds is 2. The van der Waals surface area contributed by atoms with Crippen LogP contribution in [0.25, 0.3) is 11.5 Å². The molecule has 15 heavy (non-hydrogen) atoms. The first kappa shape index (κ1) is 9.67. The average molecular weight is 221 g/mol. The summed E-state index contributed by atoms with van der Waals surface area (Å²) in [5.41, 5.74) is 0.765. The molecule has 0 aromatic carbocycles. The molecule has 0 amide bonds. The second-order valence-electron chi connectivity index (χ2n) is 2.67. The van der Waals surface area contributed by atoms with Crippen LogP contribution >= 0.6 is 11.6 Å². The minimum atomic E-state index is 0.112. The second-order valence-corrected chi connectivity index (χ2v) is 3.02. The summed E-state index contributed by atoms with van der Waals surface area (Å²) in [5, 5.41) is 7.63. The average Bonchev–Trinajstić information content (AvgIpc) is 2.30. The van der Waals surface area contributed by atoms with Crippen LogP contribution in [0.15, 0.2) is 24.5 Å². The van der Waals surface area contributed by atoms with E-state index in [2.05, 4.69) is 20.2 Å². The highest BCUT2D eigenvalue weighted by Gasteiger charge is 2.06. The Hall–Kier alpha value is -1.88. The molecule has 0 radical (unpaired) electrons. The molecule has 0 saturated heterocycles. The lowest BCUT2D eigenvalue weighted by Crippen LogP contribution is -1.96. The van der Waals surface area contributed by atoms with Crippen LogP contribution in [0.2, 0.25) is 5.15 Å². The van der Waals surface area contributed by atoms with Gasteiger partial charge in [0.05, 0.1) is 5.56 Å². The lowest BCUT2D eigenvalue weighted by molar-refractivity contribution is 0.112. The topological polar surface area (TPSA) is 68.6 Å². The van der Waals surface area contributed by atoms with Gasteiger partial charge in [0.1, 0.15) is 10.8 Å². The van der Waals surface area contributed by atoms with Crippen molar-refractivity contribution in [3.63, 3.8) is 0 Å². The zero-order valence-corrected chi connectivity index (χ0v) is 8.22. The Labute approximate surface area is 90.2 Å². The fourth-order valence-electron chi connectivity index (χ4n) is 0.994. The van der Waals surface area contributed by atoms with Crippen LogP contribution in [0.3, 0.4) is 0 Å². The van der Waals surface area contributed by atoms with Crippen molar-refractivity contribution in [3.8, 4) is 11.5 Å². The molecule has 0 N–H and O–H groups in total. The van der Waals surface area contributed by atoms with Crippen molar-refractivity contribution in [1.29, 1.82) is 0 Å². The fourth-order valence-corrected chi connectivity index (χ4v) is 1.17. The SMILES string of the molecule is O=Cc1cnc(-c2cccnn2)nc1Cl. The number of hydrogen-bond donors (Lipinski definition) is 0. The molecule has 2 heterocycles. The van der Waals surface area contributed by atoms with Crippen molar-refractivity contribution in [2.24, 2.45) is 0 Å². The maximum Gasteiger partial charge on any atom is 0.181 e. The third kappa shape index (κ3) is 1.97. The van der Waals surface area contributed by atoms with Crippen LogP contribution in [0, 0.1) is 0 Å². The van der Waals surface area contributed by atoms with E-state index in [1.165, 1.54) is 6.20 Å². The second kappa shape index (κ2) is 4.10. The van der Waals surface area contributed by atoms with Gasteiger partial charge >= 0.3 is 0 Å². The molecule has 0 spiro atoms. The van der Waals surface area contributed by atoms with Gasteiger partial charge < -0.3 is 0 Å². The van der Waals surface area contributed by atoms with Crippen LogP contribution < -0.4 is 0 Å². The zero-order valence-electron chi connectivity index (χ0n) is 7.46. The molecule has 0 saturated carbocycles. The first-order chi connectivity index (χ1) is 7.31. The molecule has 0 aliphatic rings. The van der Waals surface area contributed by atoms with Crippen molar-refractivity contribution in [2.75, 3.05) is 0 Å².